The van der Waals surface area contributed by atoms with E-state index in [9.17, 15) is 4.79 Å². The number of hydrogen-bond acceptors (Lipinski definition) is 3. The van der Waals surface area contributed by atoms with Gasteiger partial charge in [0.25, 0.3) is 6.47 Å². The minimum absolute atomic E-state index is 0.113. The summed E-state index contributed by atoms with van der Waals surface area (Å²) in [5.74, 6) is 1.69. The molecule has 26 heavy (non-hydrogen) atoms. The molecule has 0 aromatic heterocycles. The molecule has 1 aromatic carbocycles. The van der Waals surface area contributed by atoms with Crippen LogP contribution in [-0.4, -0.2) is 12.1 Å². The van der Waals surface area contributed by atoms with Crippen LogP contribution in [0.3, 0.4) is 0 Å². The summed E-state index contributed by atoms with van der Waals surface area (Å²) in [7, 11) is 0. The Morgan fingerprint density at radius 1 is 0.962 bits per heavy atom. The molecule has 1 saturated carbocycles. The van der Waals surface area contributed by atoms with E-state index < -0.39 is 0 Å². The van der Waals surface area contributed by atoms with Crippen molar-refractivity contribution >= 4 is 6.47 Å². The summed E-state index contributed by atoms with van der Waals surface area (Å²) in [6.07, 6.45) is 12.7. The largest absolute Gasteiger partial charge is 0.492 e. The number of ether oxygens (including phenoxy) is 2. The molecule has 3 rings (SSSR count). The van der Waals surface area contributed by atoms with Crippen molar-refractivity contribution in [3.8, 4) is 5.75 Å². The van der Waals surface area contributed by atoms with Gasteiger partial charge < -0.3 is 9.47 Å². The number of carbonyl (C=O) groups excluding carboxylic acids is 1. The Morgan fingerprint density at radius 2 is 1.65 bits per heavy atom. The molecule has 1 aromatic rings. The zero-order chi connectivity index (χ0) is 18.6. The number of rotatable bonds is 5. The van der Waals surface area contributed by atoms with E-state index in [4.69, 9.17) is 9.47 Å². The van der Waals surface area contributed by atoms with E-state index in [-0.39, 0.29) is 11.0 Å². The van der Waals surface area contributed by atoms with E-state index in [2.05, 4.69) is 45.1 Å². The van der Waals surface area contributed by atoms with Gasteiger partial charge in [0.1, 0.15) is 11.4 Å². The molecule has 0 heterocycles. The molecule has 0 aliphatic heterocycles. The quantitative estimate of drug-likeness (QED) is 0.623. The number of carbonyl (C=O) groups is 1. The highest BCUT2D eigenvalue weighted by atomic mass is 16.5. The van der Waals surface area contributed by atoms with Crippen molar-refractivity contribution in [1.29, 1.82) is 0 Å². The van der Waals surface area contributed by atoms with Gasteiger partial charge in [-0.15, -0.1) is 0 Å². The maximum Gasteiger partial charge on any atom is 0.298 e. The molecular formula is C23H30O3. The molecule has 0 unspecified atom stereocenters. The molecule has 0 N–H and O–H groups in total. The summed E-state index contributed by atoms with van der Waals surface area (Å²) < 4.78 is 11.0. The van der Waals surface area contributed by atoms with Gasteiger partial charge in [0.15, 0.2) is 0 Å². The van der Waals surface area contributed by atoms with Gasteiger partial charge in [-0.25, -0.2) is 0 Å². The summed E-state index contributed by atoms with van der Waals surface area (Å²) in [6, 6.07) is 8.09. The van der Waals surface area contributed by atoms with E-state index >= 15 is 0 Å². The van der Waals surface area contributed by atoms with Crippen LogP contribution in [0.25, 0.3) is 0 Å². The molecule has 1 fully saturated rings. The van der Waals surface area contributed by atoms with Gasteiger partial charge >= 0.3 is 0 Å². The average Bonchev–Trinajstić information content (AvgIpc) is 2.62. The number of benzene rings is 1. The first-order chi connectivity index (χ1) is 12.4. The summed E-state index contributed by atoms with van der Waals surface area (Å²) >= 11 is 0. The minimum Gasteiger partial charge on any atom is -0.492 e. The van der Waals surface area contributed by atoms with Gasteiger partial charge in [0, 0.05) is 11.8 Å². The number of allylic oxidation sites excluding steroid dienone is 4. The first kappa shape index (κ1) is 18.8. The third-order valence-electron chi connectivity index (χ3n) is 5.46. The Labute approximate surface area is 157 Å². The van der Waals surface area contributed by atoms with E-state index in [1.54, 1.807) is 0 Å². The van der Waals surface area contributed by atoms with Crippen molar-refractivity contribution < 1.29 is 14.3 Å². The summed E-state index contributed by atoms with van der Waals surface area (Å²) in [5.41, 5.74) is 2.83. The molecule has 3 nitrogen and oxygen atoms in total. The van der Waals surface area contributed by atoms with Gasteiger partial charge in [-0.3, -0.25) is 4.79 Å². The van der Waals surface area contributed by atoms with Gasteiger partial charge in [0.05, 0.1) is 5.76 Å². The van der Waals surface area contributed by atoms with Crippen LogP contribution in [0.2, 0.25) is 0 Å². The predicted octanol–water partition coefficient (Wildman–Crippen LogP) is 5.84. The molecule has 0 atom stereocenters. The molecule has 0 spiro atoms. The normalized spacial score (nSPS) is 20.0. The van der Waals surface area contributed by atoms with Crippen LogP contribution in [0, 0.1) is 0 Å². The van der Waals surface area contributed by atoms with E-state index in [0.717, 1.165) is 18.6 Å². The Balaban J connectivity index is 1.89. The lowest BCUT2D eigenvalue weighted by atomic mass is 9.63. The summed E-state index contributed by atoms with van der Waals surface area (Å²) in [5, 5.41) is 0. The highest BCUT2D eigenvalue weighted by Gasteiger charge is 2.37. The smallest absolute Gasteiger partial charge is 0.298 e. The van der Waals surface area contributed by atoms with Crippen LogP contribution in [0.15, 0.2) is 47.7 Å². The van der Waals surface area contributed by atoms with Gasteiger partial charge in [-0.1, -0.05) is 43.0 Å². The molecule has 140 valence electrons. The van der Waals surface area contributed by atoms with Crippen molar-refractivity contribution in [1.82, 2.24) is 0 Å². The summed E-state index contributed by atoms with van der Waals surface area (Å²) in [4.78, 5) is 10.6. The van der Waals surface area contributed by atoms with E-state index in [1.165, 1.54) is 43.2 Å². The third kappa shape index (κ3) is 4.20. The molecule has 0 bridgehead atoms. The molecule has 0 saturated heterocycles. The van der Waals surface area contributed by atoms with Crippen molar-refractivity contribution in [3.05, 3.63) is 53.3 Å². The fourth-order valence-corrected chi connectivity index (χ4v) is 4.35. The topological polar surface area (TPSA) is 35.5 Å². The zero-order valence-electron chi connectivity index (χ0n) is 16.2. The van der Waals surface area contributed by atoms with Crippen molar-refractivity contribution in [2.45, 2.75) is 76.7 Å². The highest BCUT2D eigenvalue weighted by Crippen LogP contribution is 2.48. The predicted molar refractivity (Wildman–Crippen MR) is 104 cm³/mol. The fraction of sp³-hybridized carbons (Fsp3) is 0.522. The van der Waals surface area contributed by atoms with Crippen LogP contribution in [0.4, 0.5) is 0 Å². The number of hydrogen-bond donors (Lipinski definition) is 0. The Bertz CT molecular complexity index is 683. The second-order valence-electron chi connectivity index (χ2n) is 8.42. The second kappa shape index (κ2) is 7.69. The average molecular weight is 354 g/mol. The SMILES string of the molecule is CC(C)(C)OC1=CC=C(C2(c3ccc(OC=O)cc3)CCCCC2)CC1. The molecule has 0 amide bonds. The standard InChI is InChI=1S/C23H30O3/c1-22(2,3)26-21-13-9-19(10-14-21)23(15-5-4-6-16-23)18-7-11-20(12-8-18)25-17-24/h7-9,11-13,17H,4-6,10,14-16H2,1-3H3. The van der Waals surface area contributed by atoms with Crippen molar-refractivity contribution in [3.63, 3.8) is 0 Å². The van der Waals surface area contributed by atoms with Crippen molar-refractivity contribution in [2.75, 3.05) is 0 Å². The molecule has 3 heteroatoms. The molecule has 2 aliphatic carbocycles. The first-order valence-electron chi connectivity index (χ1n) is 9.73. The van der Waals surface area contributed by atoms with Crippen LogP contribution in [-0.2, 0) is 14.9 Å². The van der Waals surface area contributed by atoms with E-state index in [0.29, 0.717) is 12.2 Å². The minimum atomic E-state index is -0.145. The first-order valence-corrected chi connectivity index (χ1v) is 9.73. The van der Waals surface area contributed by atoms with Crippen LogP contribution >= 0.6 is 0 Å². The van der Waals surface area contributed by atoms with Crippen molar-refractivity contribution in [2.24, 2.45) is 0 Å². The maximum atomic E-state index is 10.6. The highest BCUT2D eigenvalue weighted by molar-refractivity contribution is 5.47. The Hall–Kier alpha value is -2.03. The van der Waals surface area contributed by atoms with Crippen LogP contribution in [0.5, 0.6) is 5.75 Å². The van der Waals surface area contributed by atoms with Gasteiger partial charge in [-0.2, -0.15) is 0 Å². The molecule has 2 aliphatic rings. The second-order valence-corrected chi connectivity index (χ2v) is 8.42. The van der Waals surface area contributed by atoms with E-state index in [1.807, 2.05) is 12.1 Å². The summed E-state index contributed by atoms with van der Waals surface area (Å²) in [6.45, 7) is 6.77. The Kier molecular flexibility index (Phi) is 5.55. The third-order valence-corrected chi connectivity index (χ3v) is 5.46. The maximum absolute atomic E-state index is 10.6. The Morgan fingerprint density at radius 3 is 2.19 bits per heavy atom. The lowest BCUT2D eigenvalue weighted by Gasteiger charge is -2.41. The molecule has 0 radical (unpaired) electrons. The van der Waals surface area contributed by atoms with Crippen LogP contribution < -0.4 is 4.74 Å². The molecular weight excluding hydrogens is 324 g/mol. The van der Waals surface area contributed by atoms with Gasteiger partial charge in [0.2, 0.25) is 0 Å². The fourth-order valence-electron chi connectivity index (χ4n) is 4.35. The zero-order valence-corrected chi connectivity index (χ0v) is 16.2. The monoisotopic (exact) mass is 354 g/mol. The lowest BCUT2D eigenvalue weighted by Crippen LogP contribution is -2.32. The van der Waals surface area contributed by atoms with Crippen LogP contribution in [0.1, 0.15) is 71.3 Å². The lowest BCUT2D eigenvalue weighted by molar-refractivity contribution is -0.120. The van der Waals surface area contributed by atoms with Gasteiger partial charge in [-0.05, 0) is 63.8 Å².